The van der Waals surface area contributed by atoms with Crippen molar-refractivity contribution in [2.75, 3.05) is 6.61 Å². The first-order valence-electron chi connectivity index (χ1n) is 6.67. The number of nitro benzene ring substituents is 1. The molecule has 0 saturated carbocycles. The minimum absolute atomic E-state index is 0.0956. The van der Waals surface area contributed by atoms with Gasteiger partial charge in [0.2, 0.25) is 0 Å². The molecule has 1 aliphatic rings. The maximum absolute atomic E-state index is 10.9. The number of ether oxygens (including phenoxy) is 1. The molecule has 1 N–H and O–H groups in total. The lowest BCUT2D eigenvalue weighted by Gasteiger charge is -2.36. The maximum Gasteiger partial charge on any atom is 0.283 e. The van der Waals surface area contributed by atoms with Crippen LogP contribution >= 0.6 is 15.9 Å². The summed E-state index contributed by atoms with van der Waals surface area (Å²) in [6, 6.07) is 5.63. The molecule has 20 heavy (non-hydrogen) atoms. The Kier molecular flexibility index (Phi) is 4.78. The van der Waals surface area contributed by atoms with Crippen molar-refractivity contribution < 1.29 is 9.66 Å². The van der Waals surface area contributed by atoms with Gasteiger partial charge in [0, 0.05) is 25.3 Å². The molecule has 0 spiro atoms. The molecule has 6 heteroatoms. The molecule has 1 saturated heterocycles. The third kappa shape index (κ3) is 4.01. The summed E-state index contributed by atoms with van der Waals surface area (Å²) in [5, 5.41) is 14.4. The van der Waals surface area contributed by atoms with E-state index in [1.54, 1.807) is 12.1 Å². The topological polar surface area (TPSA) is 64.4 Å². The van der Waals surface area contributed by atoms with Gasteiger partial charge in [-0.05, 0) is 54.2 Å². The molecule has 0 amide bonds. The Bertz CT molecular complexity index is 505. The van der Waals surface area contributed by atoms with Crippen LogP contribution in [0.1, 0.15) is 32.3 Å². The second-order valence-corrected chi connectivity index (χ2v) is 6.58. The largest absolute Gasteiger partial charge is 0.375 e. The van der Waals surface area contributed by atoms with E-state index in [1.165, 1.54) is 0 Å². The van der Waals surface area contributed by atoms with Crippen LogP contribution in [0.2, 0.25) is 0 Å². The number of nitro groups is 1. The molecule has 1 atom stereocenters. The van der Waals surface area contributed by atoms with Crippen LogP contribution in [0.3, 0.4) is 0 Å². The fourth-order valence-corrected chi connectivity index (χ4v) is 2.87. The lowest BCUT2D eigenvalue weighted by atomic mass is 9.94. The summed E-state index contributed by atoms with van der Waals surface area (Å²) in [5.41, 5.74) is 0.933. The zero-order valence-electron chi connectivity index (χ0n) is 11.7. The molecule has 0 aromatic heterocycles. The molecule has 5 nitrogen and oxygen atoms in total. The van der Waals surface area contributed by atoms with Crippen LogP contribution in [0.5, 0.6) is 0 Å². The zero-order chi connectivity index (χ0) is 14.8. The van der Waals surface area contributed by atoms with Gasteiger partial charge in [-0.1, -0.05) is 6.07 Å². The van der Waals surface area contributed by atoms with Gasteiger partial charge in [-0.3, -0.25) is 10.1 Å². The van der Waals surface area contributed by atoms with Crippen LogP contribution < -0.4 is 5.32 Å². The van der Waals surface area contributed by atoms with Crippen LogP contribution in [0.25, 0.3) is 0 Å². The van der Waals surface area contributed by atoms with Gasteiger partial charge in [-0.25, -0.2) is 0 Å². The fourth-order valence-electron chi connectivity index (χ4n) is 2.48. The summed E-state index contributed by atoms with van der Waals surface area (Å²) >= 11 is 3.20. The summed E-state index contributed by atoms with van der Waals surface area (Å²) in [4.78, 5) is 10.5. The van der Waals surface area contributed by atoms with E-state index in [1.807, 2.05) is 6.07 Å². The molecule has 0 radical (unpaired) electrons. The molecular weight excluding hydrogens is 324 g/mol. The fraction of sp³-hybridized carbons (Fsp3) is 0.571. The van der Waals surface area contributed by atoms with Crippen molar-refractivity contribution in [3.8, 4) is 0 Å². The number of nitrogens with zero attached hydrogens (tertiary/aromatic N) is 1. The summed E-state index contributed by atoms with van der Waals surface area (Å²) in [6.07, 6.45) is 1.92. The van der Waals surface area contributed by atoms with Gasteiger partial charge in [-0.2, -0.15) is 0 Å². The van der Waals surface area contributed by atoms with E-state index in [0.29, 0.717) is 17.1 Å². The SMILES string of the molecule is CC1(C)CC(NCc2ccc(Br)c([N+](=O)[O-])c2)CCO1. The highest BCUT2D eigenvalue weighted by Crippen LogP contribution is 2.27. The van der Waals surface area contributed by atoms with Gasteiger partial charge in [0.1, 0.15) is 0 Å². The van der Waals surface area contributed by atoms with Gasteiger partial charge in [0.15, 0.2) is 0 Å². The first kappa shape index (κ1) is 15.4. The van der Waals surface area contributed by atoms with Crippen molar-refractivity contribution in [3.63, 3.8) is 0 Å². The monoisotopic (exact) mass is 342 g/mol. The Morgan fingerprint density at radius 2 is 2.30 bits per heavy atom. The van der Waals surface area contributed by atoms with E-state index in [9.17, 15) is 10.1 Å². The Morgan fingerprint density at radius 3 is 2.95 bits per heavy atom. The quantitative estimate of drug-likeness (QED) is 0.672. The number of halogens is 1. The average molecular weight is 343 g/mol. The molecular formula is C14H19BrN2O3. The summed E-state index contributed by atoms with van der Waals surface area (Å²) in [5.74, 6) is 0. The van der Waals surface area contributed by atoms with Crippen molar-refractivity contribution >= 4 is 21.6 Å². The smallest absolute Gasteiger partial charge is 0.283 e. The first-order chi connectivity index (χ1) is 9.37. The number of benzene rings is 1. The molecule has 1 aromatic rings. The second kappa shape index (κ2) is 6.20. The van der Waals surface area contributed by atoms with Crippen LogP contribution in [-0.4, -0.2) is 23.2 Å². The standard InChI is InChI=1S/C14H19BrN2O3/c1-14(2)8-11(5-6-20-14)16-9-10-3-4-12(15)13(7-10)17(18)19/h3-4,7,11,16H,5-6,8-9H2,1-2H3. The van der Waals surface area contributed by atoms with Crippen molar-refractivity contribution in [2.24, 2.45) is 0 Å². The van der Waals surface area contributed by atoms with E-state index in [4.69, 9.17) is 4.74 Å². The predicted molar refractivity (Wildman–Crippen MR) is 80.7 cm³/mol. The van der Waals surface area contributed by atoms with Crippen molar-refractivity contribution in [1.29, 1.82) is 0 Å². The van der Waals surface area contributed by atoms with Crippen LogP contribution in [-0.2, 0) is 11.3 Å². The molecule has 0 bridgehead atoms. The second-order valence-electron chi connectivity index (χ2n) is 5.72. The van der Waals surface area contributed by atoms with Gasteiger partial charge >= 0.3 is 0 Å². The number of hydrogen-bond donors (Lipinski definition) is 1. The summed E-state index contributed by atoms with van der Waals surface area (Å²) in [7, 11) is 0. The predicted octanol–water partition coefficient (Wildman–Crippen LogP) is 3.40. The molecule has 1 aromatic carbocycles. The van der Waals surface area contributed by atoms with Crippen molar-refractivity contribution in [2.45, 2.75) is 44.9 Å². The normalized spacial score (nSPS) is 21.6. The molecule has 110 valence electrons. The highest BCUT2D eigenvalue weighted by Gasteiger charge is 2.28. The highest BCUT2D eigenvalue weighted by atomic mass is 79.9. The van der Waals surface area contributed by atoms with Crippen molar-refractivity contribution in [1.82, 2.24) is 5.32 Å². The lowest BCUT2D eigenvalue weighted by Crippen LogP contribution is -2.43. The Morgan fingerprint density at radius 1 is 1.55 bits per heavy atom. The Hall–Kier alpha value is -0.980. The van der Waals surface area contributed by atoms with Gasteiger partial charge in [0.25, 0.3) is 5.69 Å². The number of nitrogens with one attached hydrogen (secondary N) is 1. The van der Waals surface area contributed by atoms with Crippen LogP contribution in [0.15, 0.2) is 22.7 Å². The number of rotatable bonds is 4. The first-order valence-corrected chi connectivity index (χ1v) is 7.47. The average Bonchev–Trinajstić information content (AvgIpc) is 2.36. The minimum atomic E-state index is -0.370. The van der Waals surface area contributed by atoms with Gasteiger partial charge in [0.05, 0.1) is 15.0 Å². The highest BCUT2D eigenvalue weighted by molar-refractivity contribution is 9.10. The van der Waals surface area contributed by atoms with E-state index in [0.717, 1.165) is 25.0 Å². The summed E-state index contributed by atoms with van der Waals surface area (Å²) in [6.45, 7) is 5.57. The third-order valence-corrected chi connectivity index (χ3v) is 4.17. The third-order valence-electron chi connectivity index (χ3n) is 3.50. The van der Waals surface area contributed by atoms with E-state index in [-0.39, 0.29) is 16.2 Å². The van der Waals surface area contributed by atoms with Gasteiger partial charge < -0.3 is 10.1 Å². The molecule has 1 fully saturated rings. The Balaban J connectivity index is 1.97. The van der Waals surface area contributed by atoms with E-state index in [2.05, 4.69) is 35.1 Å². The Labute approximate surface area is 127 Å². The molecule has 0 aliphatic carbocycles. The molecule has 1 aliphatic heterocycles. The van der Waals surface area contributed by atoms with Crippen LogP contribution in [0.4, 0.5) is 5.69 Å². The van der Waals surface area contributed by atoms with Crippen molar-refractivity contribution in [3.05, 3.63) is 38.3 Å². The minimum Gasteiger partial charge on any atom is -0.375 e. The maximum atomic E-state index is 10.9. The lowest BCUT2D eigenvalue weighted by molar-refractivity contribution is -0.385. The number of hydrogen-bond acceptors (Lipinski definition) is 4. The zero-order valence-corrected chi connectivity index (χ0v) is 13.3. The van der Waals surface area contributed by atoms with Gasteiger partial charge in [-0.15, -0.1) is 0 Å². The molecule has 1 heterocycles. The summed E-state index contributed by atoms with van der Waals surface area (Å²) < 4.78 is 6.19. The van der Waals surface area contributed by atoms with E-state index < -0.39 is 0 Å². The van der Waals surface area contributed by atoms with E-state index >= 15 is 0 Å². The molecule has 1 unspecified atom stereocenters. The molecule has 2 rings (SSSR count). The van der Waals surface area contributed by atoms with Crippen LogP contribution in [0, 0.1) is 10.1 Å².